The SMILES string of the molecule is CCCOc1cc2c(cc1C(F)(F)F)NC(=O)CC(c1cccc(-c3cccnc3)c1)=N2. The highest BCUT2D eigenvalue weighted by atomic mass is 19.4. The summed E-state index contributed by atoms with van der Waals surface area (Å²) in [6.45, 7) is 1.94. The lowest BCUT2D eigenvalue weighted by atomic mass is 10.0. The zero-order valence-corrected chi connectivity index (χ0v) is 17.2. The van der Waals surface area contributed by atoms with Crippen molar-refractivity contribution in [3.63, 3.8) is 0 Å². The average Bonchev–Trinajstić information content (AvgIpc) is 2.94. The number of ether oxygens (including phenoxy) is 1. The molecule has 1 aliphatic rings. The van der Waals surface area contributed by atoms with Crippen molar-refractivity contribution in [3.8, 4) is 16.9 Å². The number of benzene rings is 2. The minimum absolute atomic E-state index is 0.00425. The van der Waals surface area contributed by atoms with Gasteiger partial charge in [0.25, 0.3) is 0 Å². The summed E-state index contributed by atoms with van der Waals surface area (Å²) in [4.78, 5) is 21.2. The molecule has 2 aromatic carbocycles. The van der Waals surface area contributed by atoms with Crippen LogP contribution in [0.3, 0.4) is 0 Å². The van der Waals surface area contributed by atoms with Crippen molar-refractivity contribution in [2.24, 2.45) is 4.99 Å². The van der Waals surface area contributed by atoms with Crippen LogP contribution in [0, 0.1) is 0 Å². The fraction of sp³-hybridized carbons (Fsp3) is 0.208. The minimum Gasteiger partial charge on any atom is -0.493 e. The van der Waals surface area contributed by atoms with E-state index in [9.17, 15) is 18.0 Å². The summed E-state index contributed by atoms with van der Waals surface area (Å²) in [5.41, 5.74) is 2.23. The normalized spacial score (nSPS) is 13.6. The van der Waals surface area contributed by atoms with Crippen LogP contribution < -0.4 is 10.1 Å². The summed E-state index contributed by atoms with van der Waals surface area (Å²) in [6, 6.07) is 13.3. The van der Waals surface area contributed by atoms with E-state index in [-0.39, 0.29) is 30.2 Å². The van der Waals surface area contributed by atoms with Crippen LogP contribution in [0.4, 0.5) is 24.5 Å². The van der Waals surface area contributed by atoms with Gasteiger partial charge < -0.3 is 10.1 Å². The molecule has 0 radical (unpaired) electrons. The Morgan fingerprint density at radius 2 is 1.84 bits per heavy atom. The van der Waals surface area contributed by atoms with Crippen LogP contribution in [-0.4, -0.2) is 23.2 Å². The molecule has 1 aromatic heterocycles. The Morgan fingerprint density at radius 3 is 2.56 bits per heavy atom. The van der Waals surface area contributed by atoms with E-state index >= 15 is 0 Å². The number of nitrogens with zero attached hydrogens (tertiary/aromatic N) is 2. The van der Waals surface area contributed by atoms with Crippen LogP contribution >= 0.6 is 0 Å². The van der Waals surface area contributed by atoms with E-state index in [1.165, 1.54) is 6.07 Å². The number of carbonyl (C=O) groups is 1. The molecule has 1 aliphatic heterocycles. The quantitative estimate of drug-likeness (QED) is 0.529. The number of hydrogen-bond acceptors (Lipinski definition) is 4. The minimum atomic E-state index is -4.63. The number of aromatic nitrogens is 1. The highest BCUT2D eigenvalue weighted by molar-refractivity contribution is 6.17. The molecule has 1 amide bonds. The summed E-state index contributed by atoms with van der Waals surface area (Å²) >= 11 is 0. The number of pyridine rings is 1. The molecular formula is C24H20F3N3O2. The van der Waals surface area contributed by atoms with Crippen molar-refractivity contribution >= 4 is 23.0 Å². The van der Waals surface area contributed by atoms with E-state index in [1.54, 1.807) is 12.4 Å². The van der Waals surface area contributed by atoms with Gasteiger partial charge in [0, 0.05) is 24.0 Å². The van der Waals surface area contributed by atoms with E-state index in [0.29, 0.717) is 17.7 Å². The van der Waals surface area contributed by atoms with Gasteiger partial charge in [-0.1, -0.05) is 31.2 Å². The van der Waals surface area contributed by atoms with E-state index in [1.807, 2.05) is 43.3 Å². The highest BCUT2D eigenvalue weighted by Crippen LogP contribution is 2.43. The summed E-state index contributed by atoms with van der Waals surface area (Å²) in [5.74, 6) is -0.744. The Bertz CT molecular complexity index is 1170. The van der Waals surface area contributed by atoms with E-state index in [4.69, 9.17) is 4.74 Å². The molecule has 0 atom stereocenters. The van der Waals surface area contributed by atoms with Crippen molar-refractivity contribution in [2.75, 3.05) is 11.9 Å². The maximum absolute atomic E-state index is 13.6. The third-order valence-electron chi connectivity index (χ3n) is 4.91. The standard InChI is InChI=1S/C24H20F3N3O2/c1-2-9-32-22-12-21-20(11-18(22)24(25,26)27)30-23(31)13-19(29-21)16-6-3-5-15(10-16)17-7-4-8-28-14-17/h3-8,10-12,14H,2,9,13H2,1H3,(H,30,31). The predicted octanol–water partition coefficient (Wildman–Crippen LogP) is 6.02. The first kappa shape index (κ1) is 21.5. The number of fused-ring (bicyclic) bond motifs is 1. The zero-order chi connectivity index (χ0) is 22.7. The topological polar surface area (TPSA) is 63.6 Å². The van der Waals surface area contributed by atoms with Gasteiger partial charge in [0.05, 0.1) is 35.7 Å². The molecule has 164 valence electrons. The van der Waals surface area contributed by atoms with E-state index in [2.05, 4.69) is 15.3 Å². The molecule has 5 nitrogen and oxygen atoms in total. The number of halogens is 3. The Balaban J connectivity index is 1.80. The first-order valence-corrected chi connectivity index (χ1v) is 10.1. The fourth-order valence-corrected chi connectivity index (χ4v) is 3.42. The first-order chi connectivity index (χ1) is 15.3. The molecule has 0 spiro atoms. The molecule has 1 N–H and O–H groups in total. The number of aliphatic imine (C=N–C) groups is 1. The molecule has 3 aromatic rings. The molecule has 0 bridgehead atoms. The number of rotatable bonds is 5. The Labute approximate surface area is 183 Å². The Kier molecular flexibility index (Phi) is 5.94. The third-order valence-corrected chi connectivity index (χ3v) is 4.91. The summed E-state index contributed by atoms with van der Waals surface area (Å²) < 4.78 is 46.0. The lowest BCUT2D eigenvalue weighted by Crippen LogP contribution is -2.16. The van der Waals surface area contributed by atoms with Crippen molar-refractivity contribution < 1.29 is 22.7 Å². The molecule has 32 heavy (non-hydrogen) atoms. The van der Waals surface area contributed by atoms with E-state index < -0.39 is 17.6 Å². The summed E-state index contributed by atoms with van der Waals surface area (Å²) in [5, 5.41) is 2.55. The number of nitrogens with one attached hydrogen (secondary N) is 1. The van der Waals surface area contributed by atoms with Crippen LogP contribution in [0.25, 0.3) is 11.1 Å². The maximum atomic E-state index is 13.6. The molecule has 2 heterocycles. The van der Waals surface area contributed by atoms with Gasteiger partial charge in [-0.3, -0.25) is 9.78 Å². The van der Waals surface area contributed by atoms with Crippen LogP contribution in [-0.2, 0) is 11.0 Å². The fourth-order valence-electron chi connectivity index (χ4n) is 3.42. The van der Waals surface area contributed by atoms with Crippen molar-refractivity contribution in [3.05, 3.63) is 72.1 Å². The Morgan fingerprint density at radius 1 is 1.06 bits per heavy atom. The van der Waals surface area contributed by atoms with Gasteiger partial charge in [-0.15, -0.1) is 0 Å². The molecule has 0 aliphatic carbocycles. The first-order valence-electron chi connectivity index (χ1n) is 10.1. The second-order valence-corrected chi connectivity index (χ2v) is 7.32. The van der Waals surface area contributed by atoms with Crippen molar-refractivity contribution in [1.82, 2.24) is 4.98 Å². The van der Waals surface area contributed by atoms with Gasteiger partial charge in [-0.2, -0.15) is 13.2 Å². The van der Waals surface area contributed by atoms with E-state index in [0.717, 1.165) is 17.2 Å². The molecule has 0 fully saturated rings. The number of hydrogen-bond donors (Lipinski definition) is 1. The molecule has 4 rings (SSSR count). The highest BCUT2D eigenvalue weighted by Gasteiger charge is 2.36. The van der Waals surface area contributed by atoms with Crippen molar-refractivity contribution in [1.29, 1.82) is 0 Å². The Hall–Kier alpha value is -3.68. The average molecular weight is 439 g/mol. The summed E-state index contributed by atoms with van der Waals surface area (Å²) in [6.07, 6.45) is -0.735. The van der Waals surface area contributed by atoms with Gasteiger partial charge in [-0.05, 0) is 35.7 Å². The molecular weight excluding hydrogens is 419 g/mol. The third kappa shape index (κ3) is 4.64. The van der Waals surface area contributed by atoms with Gasteiger partial charge in [0.1, 0.15) is 5.75 Å². The zero-order valence-electron chi connectivity index (χ0n) is 17.2. The van der Waals surface area contributed by atoms with Gasteiger partial charge in [-0.25, -0.2) is 4.99 Å². The lowest BCUT2D eigenvalue weighted by Gasteiger charge is -2.16. The smallest absolute Gasteiger partial charge is 0.420 e. The number of carbonyl (C=O) groups excluding carboxylic acids is 1. The number of amides is 1. The molecule has 0 saturated carbocycles. The van der Waals surface area contributed by atoms with Crippen LogP contribution in [0.2, 0.25) is 0 Å². The predicted molar refractivity (Wildman–Crippen MR) is 116 cm³/mol. The lowest BCUT2D eigenvalue weighted by molar-refractivity contribution is -0.139. The van der Waals surface area contributed by atoms with Gasteiger partial charge >= 0.3 is 6.18 Å². The maximum Gasteiger partial charge on any atom is 0.420 e. The van der Waals surface area contributed by atoms with Crippen molar-refractivity contribution in [2.45, 2.75) is 25.9 Å². The van der Waals surface area contributed by atoms with Crippen LogP contribution in [0.1, 0.15) is 30.9 Å². The van der Waals surface area contributed by atoms with Gasteiger partial charge in [0.2, 0.25) is 5.91 Å². The molecule has 8 heteroatoms. The second-order valence-electron chi connectivity index (χ2n) is 7.32. The number of alkyl halides is 3. The number of anilines is 1. The van der Waals surface area contributed by atoms with Gasteiger partial charge in [0.15, 0.2) is 0 Å². The summed E-state index contributed by atoms with van der Waals surface area (Å²) in [7, 11) is 0. The van der Waals surface area contributed by atoms with Crippen LogP contribution in [0.15, 0.2) is 65.9 Å². The molecule has 0 unspecified atom stereocenters. The largest absolute Gasteiger partial charge is 0.493 e. The van der Waals surface area contributed by atoms with Crippen LogP contribution in [0.5, 0.6) is 5.75 Å². The second kappa shape index (κ2) is 8.82. The monoisotopic (exact) mass is 439 g/mol. The molecule has 0 saturated heterocycles.